The van der Waals surface area contributed by atoms with Crippen LogP contribution in [0.2, 0.25) is 0 Å². The zero-order valence-corrected chi connectivity index (χ0v) is 28.6. The molecule has 4 rings (SSSR count). The summed E-state index contributed by atoms with van der Waals surface area (Å²) in [5.41, 5.74) is 0.483. The van der Waals surface area contributed by atoms with Crippen LogP contribution in [-0.2, 0) is 14.3 Å². The second-order valence-electron chi connectivity index (χ2n) is 14.1. The first-order chi connectivity index (χ1) is 22.0. The molecule has 1 saturated carbocycles. The van der Waals surface area contributed by atoms with Crippen LogP contribution in [0.1, 0.15) is 104 Å². The standard InChI is InChI=1S/C37H56N4O5/c1-27-19-20-37(5,44)33(45-36(43)41-24-22-40(23-25-41)31-14-8-6-7-9-15-31)18-17-30(4)35(46-34(42)26-27)29(3)13-10-12-28(2)32-16-11-21-38-39-32/h10-13,16-18,21,27-28,30-31,33,35,44H,6-9,14-15,19-20,22-26H2,1-5H3/b12-10+,18-17+,29-13+/t27-,28?,30+,33+,35-,37-/m1/s1. The third kappa shape index (κ3) is 10.5. The molecule has 0 radical (unpaired) electrons. The van der Waals surface area contributed by atoms with Gasteiger partial charge in [0.15, 0.2) is 6.10 Å². The summed E-state index contributed by atoms with van der Waals surface area (Å²) in [6.45, 7) is 12.7. The fraction of sp³-hybridized carbons (Fsp3) is 0.676. The van der Waals surface area contributed by atoms with Gasteiger partial charge in [-0.05, 0) is 69.2 Å². The van der Waals surface area contributed by atoms with Gasteiger partial charge in [0.1, 0.15) is 11.7 Å². The van der Waals surface area contributed by atoms with Crippen LogP contribution < -0.4 is 0 Å². The van der Waals surface area contributed by atoms with E-state index < -0.39 is 17.8 Å². The Morgan fingerprint density at radius 1 is 1.11 bits per heavy atom. The Balaban J connectivity index is 1.45. The Kier molecular flexibility index (Phi) is 13.4. The molecule has 1 aromatic heterocycles. The van der Waals surface area contributed by atoms with Crippen LogP contribution in [0.5, 0.6) is 0 Å². The fourth-order valence-corrected chi connectivity index (χ4v) is 6.82. The van der Waals surface area contributed by atoms with Crippen molar-refractivity contribution in [3.05, 3.63) is 60.0 Å². The lowest BCUT2D eigenvalue weighted by molar-refractivity contribution is -0.150. The average Bonchev–Trinajstić information content (AvgIpc) is 3.34. The molecule has 3 heterocycles. The van der Waals surface area contributed by atoms with E-state index in [0.717, 1.165) is 24.4 Å². The van der Waals surface area contributed by atoms with Gasteiger partial charge in [0.25, 0.3) is 0 Å². The topological polar surface area (TPSA) is 105 Å². The van der Waals surface area contributed by atoms with Crippen LogP contribution in [0, 0.1) is 11.8 Å². The molecule has 0 spiro atoms. The van der Waals surface area contributed by atoms with Gasteiger partial charge >= 0.3 is 12.1 Å². The van der Waals surface area contributed by atoms with Gasteiger partial charge in [-0.25, -0.2) is 4.79 Å². The number of piperazine rings is 1. The predicted molar refractivity (Wildman–Crippen MR) is 180 cm³/mol. The Morgan fingerprint density at radius 3 is 2.50 bits per heavy atom. The quantitative estimate of drug-likeness (QED) is 0.161. The number of nitrogens with zero attached hydrogens (tertiary/aromatic N) is 4. The van der Waals surface area contributed by atoms with Crippen molar-refractivity contribution < 1.29 is 24.2 Å². The molecular weight excluding hydrogens is 580 g/mol. The summed E-state index contributed by atoms with van der Waals surface area (Å²) >= 11 is 0. The Morgan fingerprint density at radius 2 is 1.83 bits per heavy atom. The van der Waals surface area contributed by atoms with Gasteiger partial charge in [0.2, 0.25) is 0 Å². The molecule has 254 valence electrons. The van der Waals surface area contributed by atoms with Crippen molar-refractivity contribution in [1.82, 2.24) is 20.0 Å². The van der Waals surface area contributed by atoms with Crippen LogP contribution in [-0.4, -0.2) is 87.2 Å². The molecule has 0 bridgehead atoms. The van der Waals surface area contributed by atoms with Crippen LogP contribution in [0.25, 0.3) is 0 Å². The molecule has 1 N–H and O–H groups in total. The van der Waals surface area contributed by atoms with Gasteiger partial charge < -0.3 is 19.5 Å². The van der Waals surface area contributed by atoms with E-state index >= 15 is 0 Å². The van der Waals surface area contributed by atoms with Crippen molar-refractivity contribution >= 4 is 12.1 Å². The van der Waals surface area contributed by atoms with Gasteiger partial charge in [-0.15, -0.1) is 0 Å². The lowest BCUT2D eigenvalue weighted by atomic mass is 9.87. The molecule has 46 heavy (non-hydrogen) atoms. The second kappa shape index (κ2) is 17.2. The van der Waals surface area contributed by atoms with Crippen molar-refractivity contribution in [2.45, 2.75) is 122 Å². The molecule has 1 aliphatic carbocycles. The predicted octanol–water partition coefficient (Wildman–Crippen LogP) is 6.60. The minimum Gasteiger partial charge on any atom is -0.457 e. The summed E-state index contributed by atoms with van der Waals surface area (Å²) in [6.07, 6.45) is 18.6. The average molecular weight is 637 g/mol. The normalized spacial score (nSPS) is 31.3. The Hall–Kier alpha value is -3.04. The van der Waals surface area contributed by atoms with E-state index in [9.17, 15) is 14.7 Å². The van der Waals surface area contributed by atoms with Gasteiger partial charge in [-0.2, -0.15) is 10.2 Å². The number of amides is 1. The van der Waals surface area contributed by atoms with Gasteiger partial charge in [0, 0.05) is 56.7 Å². The maximum absolute atomic E-state index is 13.4. The molecule has 1 saturated heterocycles. The van der Waals surface area contributed by atoms with E-state index in [1.807, 2.05) is 57.2 Å². The van der Waals surface area contributed by atoms with Crippen molar-refractivity contribution in [1.29, 1.82) is 0 Å². The zero-order valence-electron chi connectivity index (χ0n) is 28.6. The highest BCUT2D eigenvalue weighted by atomic mass is 16.6. The summed E-state index contributed by atoms with van der Waals surface area (Å²) in [6, 6.07) is 4.43. The van der Waals surface area contributed by atoms with E-state index in [0.29, 0.717) is 32.0 Å². The molecule has 9 nitrogen and oxygen atoms in total. The minimum absolute atomic E-state index is 0.00349. The maximum Gasteiger partial charge on any atom is 0.410 e. The summed E-state index contributed by atoms with van der Waals surface area (Å²) in [5, 5.41) is 19.8. The number of hydrogen-bond donors (Lipinski definition) is 1. The van der Waals surface area contributed by atoms with Crippen LogP contribution in [0.15, 0.2) is 54.3 Å². The van der Waals surface area contributed by atoms with Crippen molar-refractivity contribution in [2.24, 2.45) is 11.8 Å². The number of aliphatic hydroxyl groups is 1. The number of cyclic esters (lactones) is 1. The van der Waals surface area contributed by atoms with Gasteiger partial charge in [-0.3, -0.25) is 9.69 Å². The highest BCUT2D eigenvalue weighted by molar-refractivity contribution is 5.70. The third-order valence-electron chi connectivity index (χ3n) is 10.0. The lowest BCUT2D eigenvalue weighted by Gasteiger charge is -2.40. The Labute approximate surface area is 276 Å². The number of ether oxygens (including phenoxy) is 2. The minimum atomic E-state index is -1.29. The fourth-order valence-electron chi connectivity index (χ4n) is 6.82. The first kappa shape index (κ1) is 35.8. The highest BCUT2D eigenvalue weighted by Gasteiger charge is 2.37. The summed E-state index contributed by atoms with van der Waals surface area (Å²) in [5.74, 6) is -0.398. The van der Waals surface area contributed by atoms with Crippen LogP contribution >= 0.6 is 0 Å². The number of carbonyl (C=O) groups excluding carboxylic acids is 2. The molecule has 0 aromatic carbocycles. The number of esters is 1. The highest BCUT2D eigenvalue weighted by Crippen LogP contribution is 2.29. The summed E-state index contributed by atoms with van der Waals surface area (Å²) < 4.78 is 12.1. The van der Waals surface area contributed by atoms with Crippen LogP contribution in [0.4, 0.5) is 4.79 Å². The summed E-state index contributed by atoms with van der Waals surface area (Å²) in [7, 11) is 0. The number of rotatable bonds is 6. The first-order valence-electron chi connectivity index (χ1n) is 17.5. The van der Waals surface area contributed by atoms with Gasteiger partial charge in [0.05, 0.1) is 5.69 Å². The zero-order chi connectivity index (χ0) is 33.1. The molecule has 6 atom stereocenters. The molecule has 1 amide bonds. The van der Waals surface area contributed by atoms with Crippen molar-refractivity contribution in [3.8, 4) is 0 Å². The lowest BCUT2D eigenvalue weighted by Crippen LogP contribution is -2.53. The van der Waals surface area contributed by atoms with E-state index in [1.165, 1.54) is 38.5 Å². The number of hydrogen-bond acceptors (Lipinski definition) is 8. The third-order valence-corrected chi connectivity index (χ3v) is 10.0. The number of aromatic nitrogens is 2. The largest absolute Gasteiger partial charge is 0.457 e. The number of allylic oxidation sites excluding steroid dienone is 3. The van der Waals surface area contributed by atoms with E-state index in [4.69, 9.17) is 9.47 Å². The molecule has 1 unspecified atom stereocenters. The maximum atomic E-state index is 13.4. The second-order valence-corrected chi connectivity index (χ2v) is 14.1. The molecule has 9 heteroatoms. The monoisotopic (exact) mass is 636 g/mol. The molecular formula is C37H56N4O5. The molecule has 2 fully saturated rings. The molecule has 1 aromatic rings. The van der Waals surface area contributed by atoms with E-state index in [1.54, 1.807) is 24.1 Å². The van der Waals surface area contributed by atoms with Crippen LogP contribution in [0.3, 0.4) is 0 Å². The van der Waals surface area contributed by atoms with Crippen molar-refractivity contribution in [2.75, 3.05) is 26.2 Å². The summed E-state index contributed by atoms with van der Waals surface area (Å²) in [4.78, 5) is 30.8. The van der Waals surface area contributed by atoms with Gasteiger partial charge in [-0.1, -0.05) is 70.8 Å². The van der Waals surface area contributed by atoms with Crippen molar-refractivity contribution in [3.63, 3.8) is 0 Å². The smallest absolute Gasteiger partial charge is 0.410 e. The van der Waals surface area contributed by atoms with E-state index in [2.05, 4.69) is 22.0 Å². The number of carbonyl (C=O) groups is 2. The first-order valence-corrected chi connectivity index (χ1v) is 17.5. The SMILES string of the molecule is C/C(=C\C=C\C(C)c1cccnn1)[C@H]1OC(=O)C[C@H](C)CC[C@@](C)(O)[C@@H](OC(=O)N2CCN(C3CCCCCC3)CC2)/C=C/[C@@H]1C. The molecule has 3 aliphatic rings. The van der Waals surface area contributed by atoms with E-state index in [-0.39, 0.29) is 36.2 Å². The Bertz CT molecular complexity index is 1200. The molecule has 2 aliphatic heterocycles.